The number of amides is 1. The highest BCUT2D eigenvalue weighted by Crippen LogP contribution is 2.28. The Balaban J connectivity index is 1.50. The van der Waals surface area contributed by atoms with E-state index in [1.165, 1.54) is 18.2 Å². The fraction of sp³-hybridized carbons (Fsp3) is 0.400. The molecule has 2 bridgehead atoms. The van der Waals surface area contributed by atoms with Gasteiger partial charge in [0.05, 0.1) is 11.9 Å². The number of aryl methyl sites for hydroxylation is 1. The van der Waals surface area contributed by atoms with Crippen molar-refractivity contribution in [3.05, 3.63) is 70.0 Å². The molecule has 0 aromatic heterocycles. The lowest BCUT2D eigenvalue weighted by molar-refractivity contribution is -0.134. The van der Waals surface area contributed by atoms with Gasteiger partial charge in [0.1, 0.15) is 5.82 Å². The van der Waals surface area contributed by atoms with Crippen LogP contribution in [0.2, 0.25) is 5.02 Å². The molecule has 188 valence electrons. The van der Waals surface area contributed by atoms with Crippen LogP contribution in [0.15, 0.2) is 42.5 Å². The maximum absolute atomic E-state index is 13.3. The van der Waals surface area contributed by atoms with Gasteiger partial charge in [0.15, 0.2) is 0 Å². The number of fused-ring (bicyclic) bond motifs is 2. The largest absolute Gasteiger partial charge is 0.336 e. The van der Waals surface area contributed by atoms with Crippen LogP contribution >= 0.6 is 11.6 Å². The fourth-order valence-corrected chi connectivity index (χ4v) is 5.59. The van der Waals surface area contributed by atoms with E-state index in [2.05, 4.69) is 21.6 Å². The Morgan fingerprint density at radius 3 is 2.37 bits per heavy atom. The first-order chi connectivity index (χ1) is 16.5. The number of nitrogens with zero attached hydrogens (tertiary/aromatic N) is 3. The van der Waals surface area contributed by atoms with Crippen molar-refractivity contribution < 1.29 is 17.6 Å². The van der Waals surface area contributed by atoms with Gasteiger partial charge in [-0.3, -0.25) is 14.4 Å². The Bertz CT molecular complexity index is 1220. The molecule has 4 rings (SSSR count). The number of hydrogen-bond donors (Lipinski definition) is 1. The Labute approximate surface area is 211 Å². The SMILES string of the molecule is Cc1cc(C=CC(=O)N2CC3CN(C)CC(C2)N3Cc2ccc(F)cc2)c(NS(C)(=O)=O)cc1Cl. The van der Waals surface area contributed by atoms with Crippen molar-refractivity contribution in [3.63, 3.8) is 0 Å². The first kappa shape index (κ1) is 25.6. The van der Waals surface area contributed by atoms with E-state index in [1.807, 2.05) is 24.0 Å². The van der Waals surface area contributed by atoms with Crippen molar-refractivity contribution in [1.82, 2.24) is 14.7 Å². The van der Waals surface area contributed by atoms with E-state index >= 15 is 0 Å². The minimum absolute atomic E-state index is 0.121. The Kier molecular flexibility index (Phi) is 7.51. The zero-order valence-electron chi connectivity index (χ0n) is 20.0. The lowest BCUT2D eigenvalue weighted by atomic mass is 9.99. The van der Waals surface area contributed by atoms with Crippen molar-refractivity contribution in [2.24, 2.45) is 0 Å². The van der Waals surface area contributed by atoms with E-state index in [0.717, 1.165) is 30.5 Å². The van der Waals surface area contributed by atoms with Crippen molar-refractivity contribution >= 4 is 39.3 Å². The van der Waals surface area contributed by atoms with Crippen LogP contribution in [0.1, 0.15) is 16.7 Å². The lowest BCUT2D eigenvalue weighted by Gasteiger charge is -2.52. The van der Waals surface area contributed by atoms with Crippen LogP contribution in [0.25, 0.3) is 6.08 Å². The molecule has 2 aliphatic rings. The number of carbonyl (C=O) groups excluding carboxylic acids is 1. The molecule has 2 heterocycles. The molecule has 10 heteroatoms. The summed E-state index contributed by atoms with van der Waals surface area (Å²) in [5.41, 5.74) is 2.73. The molecule has 0 aliphatic carbocycles. The van der Waals surface area contributed by atoms with Gasteiger partial charge in [-0.25, -0.2) is 12.8 Å². The Hall–Kier alpha value is -2.46. The van der Waals surface area contributed by atoms with Crippen LogP contribution < -0.4 is 4.72 Å². The van der Waals surface area contributed by atoms with Gasteiger partial charge >= 0.3 is 0 Å². The van der Waals surface area contributed by atoms with Crippen molar-refractivity contribution in [1.29, 1.82) is 0 Å². The fourth-order valence-electron chi connectivity index (χ4n) is 4.85. The maximum atomic E-state index is 13.3. The van der Waals surface area contributed by atoms with Crippen LogP contribution in [0.5, 0.6) is 0 Å². The Morgan fingerprint density at radius 1 is 1.14 bits per heavy atom. The summed E-state index contributed by atoms with van der Waals surface area (Å²) >= 11 is 6.18. The Morgan fingerprint density at radius 2 is 1.77 bits per heavy atom. The minimum atomic E-state index is -3.51. The number of anilines is 1. The normalized spacial score (nSPS) is 21.5. The number of halogens is 2. The highest BCUT2D eigenvalue weighted by Gasteiger charge is 2.40. The van der Waals surface area contributed by atoms with Gasteiger partial charge in [-0.2, -0.15) is 0 Å². The van der Waals surface area contributed by atoms with Gasteiger partial charge in [0.25, 0.3) is 0 Å². The molecule has 2 fully saturated rings. The van der Waals surface area contributed by atoms with Crippen LogP contribution in [-0.4, -0.2) is 80.6 Å². The summed E-state index contributed by atoms with van der Waals surface area (Å²) < 4.78 is 39.3. The maximum Gasteiger partial charge on any atom is 0.246 e. The van der Waals surface area contributed by atoms with Gasteiger partial charge < -0.3 is 9.80 Å². The molecule has 35 heavy (non-hydrogen) atoms. The number of sulfonamides is 1. The molecule has 2 saturated heterocycles. The van der Waals surface area contributed by atoms with Gasteiger partial charge in [0.2, 0.25) is 15.9 Å². The third kappa shape index (κ3) is 6.41. The van der Waals surface area contributed by atoms with Gasteiger partial charge in [-0.15, -0.1) is 0 Å². The van der Waals surface area contributed by atoms with Gasteiger partial charge in [0, 0.05) is 55.9 Å². The molecule has 7 nitrogen and oxygen atoms in total. The van der Waals surface area contributed by atoms with E-state index in [1.54, 1.807) is 18.2 Å². The summed E-state index contributed by atoms with van der Waals surface area (Å²) in [5.74, 6) is -0.370. The van der Waals surface area contributed by atoms with Crippen molar-refractivity contribution in [2.75, 3.05) is 44.2 Å². The van der Waals surface area contributed by atoms with Crippen LogP contribution in [0.4, 0.5) is 10.1 Å². The standard InChI is InChI=1S/C25H30ClFN4O3S/c1-17-10-19(24(11-23(17)26)28-35(3,33)34)6-9-25(32)30-15-21-13-29(2)14-22(16-30)31(21)12-18-4-7-20(27)8-5-18/h4-11,21-22,28H,12-16H2,1-3H3. The number of benzene rings is 2. The molecule has 2 aliphatic heterocycles. The van der Waals surface area contributed by atoms with E-state index < -0.39 is 10.0 Å². The van der Waals surface area contributed by atoms with Crippen LogP contribution in [0.3, 0.4) is 0 Å². The topological polar surface area (TPSA) is 73.0 Å². The lowest BCUT2D eigenvalue weighted by Crippen LogP contribution is -2.68. The number of likely N-dealkylation sites (N-methyl/N-ethyl adjacent to an activating group) is 1. The number of rotatable bonds is 6. The molecule has 0 saturated carbocycles. The summed E-state index contributed by atoms with van der Waals surface area (Å²) in [6.45, 7) is 5.38. The monoisotopic (exact) mass is 520 g/mol. The molecule has 2 atom stereocenters. The molecule has 1 N–H and O–H groups in total. The molecule has 0 spiro atoms. The second-order valence-electron chi connectivity index (χ2n) is 9.47. The average Bonchev–Trinajstić information content (AvgIpc) is 2.76. The van der Waals surface area contributed by atoms with E-state index in [9.17, 15) is 17.6 Å². The average molecular weight is 521 g/mol. The highest BCUT2D eigenvalue weighted by atomic mass is 35.5. The number of piperazine rings is 2. The first-order valence-corrected chi connectivity index (χ1v) is 13.7. The van der Waals surface area contributed by atoms with Crippen molar-refractivity contribution in [2.45, 2.75) is 25.6 Å². The third-order valence-electron chi connectivity index (χ3n) is 6.47. The second kappa shape index (κ2) is 10.3. The zero-order valence-corrected chi connectivity index (χ0v) is 21.6. The quantitative estimate of drug-likeness (QED) is 0.592. The number of nitrogens with one attached hydrogen (secondary N) is 1. The third-order valence-corrected chi connectivity index (χ3v) is 7.46. The summed E-state index contributed by atoms with van der Waals surface area (Å²) in [4.78, 5) is 19.7. The highest BCUT2D eigenvalue weighted by molar-refractivity contribution is 7.92. The molecule has 2 aromatic rings. The second-order valence-corrected chi connectivity index (χ2v) is 11.6. The van der Waals surface area contributed by atoms with Crippen LogP contribution in [-0.2, 0) is 21.4 Å². The molecular formula is C25H30ClFN4O3S. The van der Waals surface area contributed by atoms with Gasteiger partial charge in [-0.1, -0.05) is 23.7 Å². The molecule has 2 unspecified atom stereocenters. The predicted molar refractivity (Wildman–Crippen MR) is 137 cm³/mol. The summed E-state index contributed by atoms with van der Waals surface area (Å²) in [7, 11) is -1.42. The van der Waals surface area contributed by atoms with E-state index in [0.29, 0.717) is 35.9 Å². The smallest absolute Gasteiger partial charge is 0.246 e. The van der Waals surface area contributed by atoms with Crippen LogP contribution in [0, 0.1) is 12.7 Å². The van der Waals surface area contributed by atoms with E-state index in [4.69, 9.17) is 11.6 Å². The van der Waals surface area contributed by atoms with Crippen molar-refractivity contribution in [3.8, 4) is 0 Å². The molecule has 2 aromatic carbocycles. The molecule has 1 amide bonds. The molecular weight excluding hydrogens is 491 g/mol. The number of carbonyl (C=O) groups is 1. The predicted octanol–water partition coefficient (Wildman–Crippen LogP) is 3.20. The van der Waals surface area contributed by atoms with E-state index in [-0.39, 0.29) is 23.8 Å². The summed E-state index contributed by atoms with van der Waals surface area (Å²) in [6, 6.07) is 10.2. The first-order valence-electron chi connectivity index (χ1n) is 11.4. The minimum Gasteiger partial charge on any atom is -0.336 e. The molecule has 0 radical (unpaired) electrons. The number of hydrogen-bond acceptors (Lipinski definition) is 5. The zero-order chi connectivity index (χ0) is 25.3. The van der Waals surface area contributed by atoms with Gasteiger partial charge in [-0.05, 0) is 61.0 Å². The summed E-state index contributed by atoms with van der Waals surface area (Å²) in [6.07, 6.45) is 4.19. The summed E-state index contributed by atoms with van der Waals surface area (Å²) in [5, 5.41) is 0.439.